The lowest BCUT2D eigenvalue weighted by Crippen LogP contribution is -2.29. The number of hydrogen-bond acceptors (Lipinski definition) is 2. The Balaban J connectivity index is 1.65. The summed E-state index contributed by atoms with van der Waals surface area (Å²) in [4.78, 5) is 4.50. The van der Waals surface area contributed by atoms with Crippen molar-refractivity contribution in [3.63, 3.8) is 0 Å². The Morgan fingerprint density at radius 3 is 2.95 bits per heavy atom. The van der Waals surface area contributed by atoms with Crippen molar-refractivity contribution in [1.29, 1.82) is 0 Å². The number of fused-ring (bicyclic) bond motifs is 1. The van der Waals surface area contributed by atoms with Gasteiger partial charge in [-0.05, 0) is 37.0 Å². The van der Waals surface area contributed by atoms with Crippen LogP contribution < -0.4 is 5.32 Å². The maximum Gasteiger partial charge on any atom is 0.123 e. The van der Waals surface area contributed by atoms with E-state index in [1.165, 1.54) is 30.8 Å². The number of rotatable bonds is 5. The first kappa shape index (κ1) is 14.3. The average molecular weight is 287 g/mol. The Kier molecular flexibility index (Phi) is 4.34. The quantitative estimate of drug-likeness (QED) is 0.910. The molecular weight excluding hydrogens is 265 g/mol. The minimum atomic E-state index is -0.178. The second kappa shape index (κ2) is 6.39. The molecule has 21 heavy (non-hydrogen) atoms. The number of hydrogen-bond donors (Lipinski definition) is 1. The predicted molar refractivity (Wildman–Crippen MR) is 81.6 cm³/mol. The molecule has 1 aliphatic heterocycles. The lowest BCUT2D eigenvalue weighted by Gasteiger charge is -2.26. The van der Waals surface area contributed by atoms with Gasteiger partial charge in [-0.1, -0.05) is 19.1 Å². The predicted octanol–water partition coefficient (Wildman–Crippen LogP) is 3.64. The monoisotopic (exact) mass is 287 g/mol. The van der Waals surface area contributed by atoms with Gasteiger partial charge in [-0.3, -0.25) is 0 Å². The highest BCUT2D eigenvalue weighted by Crippen LogP contribution is 2.26. The third kappa shape index (κ3) is 3.16. The molecule has 0 spiro atoms. The zero-order valence-electron chi connectivity index (χ0n) is 12.4. The van der Waals surface area contributed by atoms with Crippen LogP contribution in [0.15, 0.2) is 36.7 Å². The van der Waals surface area contributed by atoms with E-state index >= 15 is 0 Å². The summed E-state index contributed by atoms with van der Waals surface area (Å²) in [5.74, 6) is 1.49. The van der Waals surface area contributed by atoms with Crippen molar-refractivity contribution in [3.8, 4) is 0 Å². The van der Waals surface area contributed by atoms with E-state index in [2.05, 4.69) is 28.0 Å². The van der Waals surface area contributed by atoms with Crippen LogP contribution in [-0.4, -0.2) is 16.1 Å². The first-order valence-electron chi connectivity index (χ1n) is 7.77. The van der Waals surface area contributed by atoms with Gasteiger partial charge >= 0.3 is 0 Å². The fourth-order valence-corrected chi connectivity index (χ4v) is 3.18. The molecule has 1 aliphatic rings. The molecule has 0 saturated heterocycles. The van der Waals surface area contributed by atoms with E-state index in [1.54, 1.807) is 0 Å². The molecule has 112 valence electrons. The maximum atomic E-state index is 13.0. The second-order valence-electron chi connectivity index (χ2n) is 5.74. The van der Waals surface area contributed by atoms with Crippen LogP contribution >= 0.6 is 0 Å². The Labute approximate surface area is 125 Å². The van der Waals surface area contributed by atoms with Crippen molar-refractivity contribution in [2.24, 2.45) is 0 Å². The highest BCUT2D eigenvalue weighted by atomic mass is 19.1. The van der Waals surface area contributed by atoms with Crippen LogP contribution in [-0.2, 0) is 6.54 Å². The molecule has 1 aromatic carbocycles. The van der Waals surface area contributed by atoms with E-state index in [-0.39, 0.29) is 11.9 Å². The standard InChI is InChI=1S/C17H22FN3/c1-2-16(13-5-7-15(18)8-6-13)20-12-14-4-3-10-21-11-9-19-17(14)21/h5-9,11,14,16,20H,2-4,10,12H2,1H3/t14-,16+/m1/s1. The van der Waals surface area contributed by atoms with Gasteiger partial charge in [0, 0.05) is 37.4 Å². The number of nitrogens with zero attached hydrogens (tertiary/aromatic N) is 2. The topological polar surface area (TPSA) is 29.9 Å². The molecule has 0 bridgehead atoms. The molecule has 2 aromatic rings. The molecule has 2 atom stereocenters. The minimum Gasteiger partial charge on any atom is -0.335 e. The average Bonchev–Trinajstić information content (AvgIpc) is 2.99. The van der Waals surface area contributed by atoms with Gasteiger partial charge in [0.25, 0.3) is 0 Å². The molecule has 1 N–H and O–H groups in total. The molecular formula is C17H22FN3. The fraction of sp³-hybridized carbons (Fsp3) is 0.471. The fourth-order valence-electron chi connectivity index (χ4n) is 3.18. The molecule has 0 aliphatic carbocycles. The van der Waals surface area contributed by atoms with Gasteiger partial charge in [0.2, 0.25) is 0 Å². The minimum absolute atomic E-state index is 0.178. The number of halogens is 1. The summed E-state index contributed by atoms with van der Waals surface area (Å²) >= 11 is 0. The molecule has 0 unspecified atom stereocenters. The van der Waals surface area contributed by atoms with Gasteiger partial charge in [-0.25, -0.2) is 9.37 Å². The summed E-state index contributed by atoms with van der Waals surface area (Å²) in [5, 5.41) is 3.63. The number of aryl methyl sites for hydroxylation is 1. The summed E-state index contributed by atoms with van der Waals surface area (Å²) in [5.41, 5.74) is 1.15. The summed E-state index contributed by atoms with van der Waals surface area (Å²) in [6, 6.07) is 7.09. The van der Waals surface area contributed by atoms with Gasteiger partial charge < -0.3 is 9.88 Å². The van der Waals surface area contributed by atoms with E-state index in [9.17, 15) is 4.39 Å². The van der Waals surface area contributed by atoms with E-state index in [0.29, 0.717) is 5.92 Å². The first-order valence-corrected chi connectivity index (χ1v) is 7.77. The van der Waals surface area contributed by atoms with Crippen LogP contribution in [0.5, 0.6) is 0 Å². The van der Waals surface area contributed by atoms with Gasteiger partial charge in [0.15, 0.2) is 0 Å². The van der Waals surface area contributed by atoms with Crippen molar-refractivity contribution < 1.29 is 4.39 Å². The number of imidazole rings is 1. The summed E-state index contributed by atoms with van der Waals surface area (Å²) in [7, 11) is 0. The Hall–Kier alpha value is -1.68. The molecule has 4 heteroatoms. The highest BCUT2D eigenvalue weighted by Gasteiger charge is 2.22. The number of nitrogens with one attached hydrogen (secondary N) is 1. The lowest BCUT2D eigenvalue weighted by atomic mass is 9.97. The van der Waals surface area contributed by atoms with Crippen LogP contribution in [0.4, 0.5) is 4.39 Å². The van der Waals surface area contributed by atoms with Crippen molar-refractivity contribution in [3.05, 3.63) is 53.9 Å². The number of aromatic nitrogens is 2. The van der Waals surface area contributed by atoms with E-state index < -0.39 is 0 Å². The van der Waals surface area contributed by atoms with Gasteiger partial charge in [-0.15, -0.1) is 0 Å². The summed E-state index contributed by atoms with van der Waals surface area (Å²) in [6.45, 7) is 4.16. The van der Waals surface area contributed by atoms with Gasteiger partial charge in [0.1, 0.15) is 11.6 Å². The molecule has 0 fully saturated rings. The Morgan fingerprint density at radius 1 is 1.38 bits per heavy atom. The third-order valence-electron chi connectivity index (χ3n) is 4.36. The molecule has 3 rings (SSSR count). The Morgan fingerprint density at radius 2 is 2.19 bits per heavy atom. The maximum absolute atomic E-state index is 13.0. The van der Waals surface area contributed by atoms with Crippen LogP contribution in [0.1, 0.15) is 49.5 Å². The number of benzene rings is 1. The van der Waals surface area contributed by atoms with Crippen LogP contribution in [0.3, 0.4) is 0 Å². The van der Waals surface area contributed by atoms with Crippen LogP contribution in [0.2, 0.25) is 0 Å². The second-order valence-corrected chi connectivity index (χ2v) is 5.74. The molecule has 1 aromatic heterocycles. The molecule has 3 nitrogen and oxygen atoms in total. The molecule has 0 radical (unpaired) electrons. The molecule has 0 saturated carbocycles. The van der Waals surface area contributed by atoms with Gasteiger partial charge in [-0.2, -0.15) is 0 Å². The van der Waals surface area contributed by atoms with E-state index in [0.717, 1.165) is 25.1 Å². The lowest BCUT2D eigenvalue weighted by molar-refractivity contribution is 0.398. The van der Waals surface area contributed by atoms with Crippen LogP contribution in [0, 0.1) is 5.82 Å². The zero-order valence-corrected chi connectivity index (χ0v) is 12.4. The van der Waals surface area contributed by atoms with Crippen molar-refractivity contribution in [1.82, 2.24) is 14.9 Å². The summed E-state index contributed by atoms with van der Waals surface area (Å²) in [6.07, 6.45) is 7.35. The van der Waals surface area contributed by atoms with Crippen LogP contribution in [0.25, 0.3) is 0 Å². The first-order chi connectivity index (χ1) is 10.3. The SMILES string of the molecule is CC[C@H](NC[C@H]1CCCn2ccnc21)c1ccc(F)cc1. The van der Waals surface area contributed by atoms with Crippen molar-refractivity contribution >= 4 is 0 Å². The Bertz CT molecular complexity index is 576. The normalized spacial score (nSPS) is 19.2. The van der Waals surface area contributed by atoms with E-state index in [4.69, 9.17) is 0 Å². The molecule has 0 amide bonds. The third-order valence-corrected chi connectivity index (χ3v) is 4.36. The molecule has 2 heterocycles. The van der Waals surface area contributed by atoms with Crippen molar-refractivity contribution in [2.45, 2.75) is 44.7 Å². The zero-order chi connectivity index (χ0) is 14.7. The highest BCUT2D eigenvalue weighted by molar-refractivity contribution is 5.20. The van der Waals surface area contributed by atoms with Crippen molar-refractivity contribution in [2.75, 3.05) is 6.54 Å². The summed E-state index contributed by atoms with van der Waals surface area (Å²) < 4.78 is 15.3. The smallest absolute Gasteiger partial charge is 0.123 e. The largest absolute Gasteiger partial charge is 0.335 e. The van der Waals surface area contributed by atoms with Gasteiger partial charge in [0.05, 0.1) is 0 Å². The van der Waals surface area contributed by atoms with E-state index in [1.807, 2.05) is 18.3 Å².